The van der Waals surface area contributed by atoms with E-state index in [1.54, 1.807) is 12.1 Å². The molecular formula is C22H29N3O3S. The number of amides is 1. The summed E-state index contributed by atoms with van der Waals surface area (Å²) in [5.74, 6) is 0.106. The van der Waals surface area contributed by atoms with E-state index in [0.717, 1.165) is 35.9 Å². The third-order valence-corrected chi connectivity index (χ3v) is 7.08. The average molecular weight is 416 g/mol. The molecule has 6 nitrogen and oxygen atoms in total. The number of hydrogen-bond acceptors (Lipinski definition) is 4. The largest absolute Gasteiger partial charge is 0.371 e. The molecule has 0 unspecified atom stereocenters. The van der Waals surface area contributed by atoms with Crippen LogP contribution in [0.2, 0.25) is 0 Å². The fourth-order valence-corrected chi connectivity index (χ4v) is 4.38. The van der Waals surface area contributed by atoms with Crippen LogP contribution in [0.3, 0.4) is 0 Å². The van der Waals surface area contributed by atoms with Gasteiger partial charge in [0.15, 0.2) is 0 Å². The molecule has 1 N–H and O–H groups in total. The van der Waals surface area contributed by atoms with Crippen molar-refractivity contribution in [2.45, 2.75) is 37.5 Å². The van der Waals surface area contributed by atoms with E-state index in [1.807, 2.05) is 24.3 Å². The second kappa shape index (κ2) is 8.55. The molecule has 3 rings (SSSR count). The minimum atomic E-state index is -3.63. The molecular weight excluding hydrogens is 386 g/mol. The first-order valence-corrected chi connectivity index (χ1v) is 11.4. The molecule has 1 fully saturated rings. The molecule has 29 heavy (non-hydrogen) atoms. The number of rotatable bonds is 6. The second-order valence-corrected chi connectivity index (χ2v) is 10.0. The Labute approximate surface area is 173 Å². The Morgan fingerprint density at radius 1 is 1.03 bits per heavy atom. The van der Waals surface area contributed by atoms with Gasteiger partial charge in [-0.15, -0.1) is 0 Å². The lowest BCUT2D eigenvalue weighted by molar-refractivity contribution is 0.102. The minimum absolute atomic E-state index is 0.116. The van der Waals surface area contributed by atoms with Gasteiger partial charge in [-0.3, -0.25) is 4.79 Å². The van der Waals surface area contributed by atoms with Gasteiger partial charge in [0.2, 0.25) is 10.0 Å². The van der Waals surface area contributed by atoms with Crippen LogP contribution < -0.4 is 10.2 Å². The van der Waals surface area contributed by atoms with Crippen molar-refractivity contribution < 1.29 is 13.2 Å². The topological polar surface area (TPSA) is 69.7 Å². The molecule has 1 aliphatic heterocycles. The zero-order valence-corrected chi connectivity index (χ0v) is 18.3. The Hall–Kier alpha value is -2.38. The molecule has 0 atom stereocenters. The van der Waals surface area contributed by atoms with Crippen LogP contribution in [0.4, 0.5) is 11.4 Å². The Balaban J connectivity index is 1.96. The van der Waals surface area contributed by atoms with Crippen molar-refractivity contribution >= 4 is 27.3 Å². The first-order chi connectivity index (χ1) is 13.7. The lowest BCUT2D eigenvalue weighted by atomic mass is 10.0. The molecule has 156 valence electrons. The Morgan fingerprint density at radius 3 is 2.21 bits per heavy atom. The van der Waals surface area contributed by atoms with E-state index in [0.29, 0.717) is 17.2 Å². The van der Waals surface area contributed by atoms with Crippen molar-refractivity contribution in [3.63, 3.8) is 0 Å². The van der Waals surface area contributed by atoms with Crippen LogP contribution in [0, 0.1) is 0 Å². The van der Waals surface area contributed by atoms with E-state index in [-0.39, 0.29) is 10.8 Å². The van der Waals surface area contributed by atoms with Crippen molar-refractivity contribution in [2.75, 3.05) is 37.4 Å². The maximum Gasteiger partial charge on any atom is 0.257 e. The highest BCUT2D eigenvalue weighted by Gasteiger charge is 2.24. The highest BCUT2D eigenvalue weighted by molar-refractivity contribution is 7.89. The SMILES string of the molecule is CC(C)c1ccc(NC(=O)c2cc(S(=O)(=O)N(C)C)ccc2N2CCCC2)cc1. The number of anilines is 2. The molecule has 2 aromatic rings. The number of benzene rings is 2. The summed E-state index contributed by atoms with van der Waals surface area (Å²) in [7, 11) is -0.655. The summed E-state index contributed by atoms with van der Waals surface area (Å²) in [5.41, 5.74) is 3.03. The van der Waals surface area contributed by atoms with Crippen LogP contribution in [0.5, 0.6) is 0 Å². The lowest BCUT2D eigenvalue weighted by Gasteiger charge is -2.22. The van der Waals surface area contributed by atoms with Gasteiger partial charge in [0.05, 0.1) is 10.5 Å². The summed E-state index contributed by atoms with van der Waals surface area (Å²) in [4.78, 5) is 15.4. The standard InChI is InChI=1S/C22H29N3O3S/c1-16(2)17-7-9-18(10-8-17)23-22(26)20-15-19(29(27,28)24(3)4)11-12-21(20)25-13-5-6-14-25/h7-12,15-16H,5-6,13-14H2,1-4H3,(H,23,26). The molecule has 1 heterocycles. The summed E-state index contributed by atoms with van der Waals surface area (Å²) < 4.78 is 26.3. The molecule has 0 saturated carbocycles. The number of hydrogen-bond donors (Lipinski definition) is 1. The molecule has 0 bridgehead atoms. The van der Waals surface area contributed by atoms with Crippen molar-refractivity contribution in [3.8, 4) is 0 Å². The van der Waals surface area contributed by atoms with Gasteiger partial charge in [0.1, 0.15) is 0 Å². The monoisotopic (exact) mass is 415 g/mol. The molecule has 2 aromatic carbocycles. The average Bonchev–Trinajstić information content (AvgIpc) is 3.22. The number of nitrogens with one attached hydrogen (secondary N) is 1. The maximum atomic E-state index is 13.1. The van der Waals surface area contributed by atoms with Crippen LogP contribution in [0.25, 0.3) is 0 Å². The van der Waals surface area contributed by atoms with E-state index in [9.17, 15) is 13.2 Å². The molecule has 7 heteroatoms. The van der Waals surface area contributed by atoms with Crippen molar-refractivity contribution in [1.82, 2.24) is 4.31 Å². The van der Waals surface area contributed by atoms with Gasteiger partial charge in [-0.2, -0.15) is 0 Å². The van der Waals surface area contributed by atoms with Gasteiger partial charge in [-0.25, -0.2) is 12.7 Å². The normalized spacial score (nSPS) is 14.6. The molecule has 0 radical (unpaired) electrons. The Morgan fingerprint density at radius 2 is 1.66 bits per heavy atom. The number of carbonyl (C=O) groups excluding carboxylic acids is 1. The molecule has 0 aromatic heterocycles. The van der Waals surface area contributed by atoms with E-state index >= 15 is 0 Å². The maximum absolute atomic E-state index is 13.1. The summed E-state index contributed by atoms with van der Waals surface area (Å²) >= 11 is 0. The first-order valence-electron chi connectivity index (χ1n) is 9.93. The molecule has 1 aliphatic rings. The third-order valence-electron chi connectivity index (χ3n) is 5.27. The summed E-state index contributed by atoms with van der Waals surface area (Å²) in [6, 6.07) is 12.6. The smallest absolute Gasteiger partial charge is 0.257 e. The summed E-state index contributed by atoms with van der Waals surface area (Å²) in [6.45, 7) is 5.96. The lowest BCUT2D eigenvalue weighted by Crippen LogP contribution is -2.25. The van der Waals surface area contributed by atoms with Gasteiger partial charge in [0, 0.05) is 38.6 Å². The fourth-order valence-electron chi connectivity index (χ4n) is 3.45. The highest BCUT2D eigenvalue weighted by Crippen LogP contribution is 2.29. The van der Waals surface area contributed by atoms with Crippen LogP contribution >= 0.6 is 0 Å². The van der Waals surface area contributed by atoms with E-state index in [2.05, 4.69) is 24.1 Å². The van der Waals surface area contributed by atoms with Crippen molar-refractivity contribution in [2.24, 2.45) is 0 Å². The Kier molecular flexibility index (Phi) is 6.29. The van der Waals surface area contributed by atoms with Crippen molar-refractivity contribution in [3.05, 3.63) is 53.6 Å². The third kappa shape index (κ3) is 4.62. The van der Waals surface area contributed by atoms with Crippen molar-refractivity contribution in [1.29, 1.82) is 0 Å². The van der Waals surface area contributed by atoms with Crippen LogP contribution in [0.1, 0.15) is 48.5 Å². The molecule has 0 spiro atoms. The van der Waals surface area contributed by atoms with E-state index < -0.39 is 10.0 Å². The molecule has 1 amide bonds. The van der Waals surface area contributed by atoms with Crippen LogP contribution in [-0.4, -0.2) is 45.8 Å². The van der Waals surface area contributed by atoms with Gasteiger partial charge < -0.3 is 10.2 Å². The summed E-state index contributed by atoms with van der Waals surface area (Å²) in [6.07, 6.45) is 2.13. The number of nitrogens with zero attached hydrogens (tertiary/aromatic N) is 2. The van der Waals surface area contributed by atoms with E-state index in [1.165, 1.54) is 25.7 Å². The van der Waals surface area contributed by atoms with Gasteiger partial charge in [-0.05, 0) is 54.7 Å². The fraction of sp³-hybridized carbons (Fsp3) is 0.409. The molecule has 1 saturated heterocycles. The zero-order valence-electron chi connectivity index (χ0n) is 17.5. The second-order valence-electron chi connectivity index (χ2n) is 7.89. The molecule has 0 aliphatic carbocycles. The summed E-state index contributed by atoms with van der Waals surface area (Å²) in [5, 5.41) is 2.92. The predicted octanol–water partition coefficient (Wildman–Crippen LogP) is 3.91. The van der Waals surface area contributed by atoms with Crippen LogP contribution in [0.15, 0.2) is 47.4 Å². The Bertz CT molecular complexity index is 977. The van der Waals surface area contributed by atoms with Gasteiger partial charge in [0.25, 0.3) is 5.91 Å². The number of carbonyl (C=O) groups is 1. The van der Waals surface area contributed by atoms with Gasteiger partial charge >= 0.3 is 0 Å². The predicted molar refractivity (Wildman–Crippen MR) is 117 cm³/mol. The highest BCUT2D eigenvalue weighted by atomic mass is 32.2. The van der Waals surface area contributed by atoms with E-state index in [4.69, 9.17) is 0 Å². The quantitative estimate of drug-likeness (QED) is 0.777. The van der Waals surface area contributed by atoms with Gasteiger partial charge in [-0.1, -0.05) is 26.0 Å². The number of sulfonamides is 1. The zero-order chi connectivity index (χ0) is 21.2. The van der Waals surface area contributed by atoms with Crippen LogP contribution in [-0.2, 0) is 10.0 Å². The minimum Gasteiger partial charge on any atom is -0.371 e. The first kappa shape index (κ1) is 21.3.